The van der Waals surface area contributed by atoms with E-state index in [0.29, 0.717) is 11.3 Å². The van der Waals surface area contributed by atoms with E-state index in [4.69, 9.17) is 0 Å². The summed E-state index contributed by atoms with van der Waals surface area (Å²) in [6.45, 7) is 13.9. The van der Waals surface area contributed by atoms with Crippen molar-refractivity contribution in [3.63, 3.8) is 0 Å². The van der Waals surface area contributed by atoms with E-state index in [-0.39, 0.29) is 5.91 Å². The summed E-state index contributed by atoms with van der Waals surface area (Å²) in [4.78, 5) is 21.8. The first kappa shape index (κ1) is 28.3. The normalized spacial score (nSPS) is 8.91. The summed E-state index contributed by atoms with van der Waals surface area (Å²) in [5.74, 6) is 6.00. The lowest BCUT2D eigenvalue weighted by Gasteiger charge is -2.08. The molecule has 34 heavy (non-hydrogen) atoms. The largest absolute Gasteiger partial charge is 0.322 e. The molecule has 6 heteroatoms. The number of imidazole rings is 1. The molecule has 1 amide bonds. The highest BCUT2D eigenvalue weighted by Gasteiger charge is 2.07. The molecule has 2 aromatic carbocycles. The molecular formula is C28H34N4OS. The van der Waals surface area contributed by atoms with Crippen molar-refractivity contribution in [3.8, 4) is 17.5 Å². The molecule has 2 heterocycles. The number of hydrogen-bond acceptors (Lipinski definition) is 4. The minimum Gasteiger partial charge on any atom is -0.322 e. The Morgan fingerprint density at radius 2 is 1.71 bits per heavy atom. The van der Waals surface area contributed by atoms with Crippen LogP contribution in [0.1, 0.15) is 67.3 Å². The fraction of sp³-hybridized carbons (Fsp3) is 0.250. The van der Waals surface area contributed by atoms with Gasteiger partial charge in [-0.25, -0.2) is 9.97 Å². The molecule has 178 valence electrons. The fourth-order valence-corrected chi connectivity index (χ4v) is 3.28. The third-order valence-electron chi connectivity index (χ3n) is 3.98. The van der Waals surface area contributed by atoms with Crippen LogP contribution in [0.3, 0.4) is 0 Å². The van der Waals surface area contributed by atoms with Crippen molar-refractivity contribution in [2.75, 3.05) is 5.32 Å². The summed E-state index contributed by atoms with van der Waals surface area (Å²) in [7, 11) is 0. The van der Waals surface area contributed by atoms with Gasteiger partial charge in [0.1, 0.15) is 0 Å². The van der Waals surface area contributed by atoms with Gasteiger partial charge in [0.05, 0.1) is 22.4 Å². The molecule has 0 radical (unpaired) electrons. The second-order valence-corrected chi connectivity index (χ2v) is 7.28. The topological polar surface area (TPSA) is 59.8 Å². The van der Waals surface area contributed by atoms with Gasteiger partial charge in [0.2, 0.25) is 0 Å². The number of benzene rings is 2. The van der Waals surface area contributed by atoms with Gasteiger partial charge >= 0.3 is 0 Å². The maximum Gasteiger partial charge on any atom is 0.255 e. The molecule has 4 aromatic rings. The Balaban J connectivity index is 0.000000894. The van der Waals surface area contributed by atoms with Gasteiger partial charge < -0.3 is 9.88 Å². The standard InChI is InChI=1S/C22H16N4OS.3C2H6/c1-16-24-14-21(28-16)9-8-17-4-2-5-18(12-17)22(27)25-19-6-3-7-20(13-19)26-11-10-23-15-26;3*1-2/h2-7,10-15H,1H3,(H,25,27);3*1-2H3. The molecule has 0 saturated heterocycles. The first-order chi connectivity index (χ1) is 16.7. The Bertz CT molecular complexity index is 1180. The van der Waals surface area contributed by atoms with Gasteiger partial charge in [-0.3, -0.25) is 4.79 Å². The third-order valence-corrected chi connectivity index (χ3v) is 4.81. The third kappa shape index (κ3) is 8.68. The zero-order valence-electron chi connectivity index (χ0n) is 21.1. The second-order valence-electron chi connectivity index (χ2n) is 6.05. The van der Waals surface area contributed by atoms with Crippen molar-refractivity contribution in [2.24, 2.45) is 0 Å². The second kappa shape index (κ2) is 16.0. The highest BCUT2D eigenvalue weighted by molar-refractivity contribution is 7.12. The minimum absolute atomic E-state index is 0.180. The van der Waals surface area contributed by atoms with Gasteiger partial charge in [0.15, 0.2) is 0 Å². The van der Waals surface area contributed by atoms with E-state index in [1.165, 1.54) is 0 Å². The van der Waals surface area contributed by atoms with Crippen molar-refractivity contribution >= 4 is 22.9 Å². The molecule has 0 unspecified atom stereocenters. The van der Waals surface area contributed by atoms with Gasteiger partial charge in [-0.1, -0.05) is 59.6 Å². The Labute approximate surface area is 207 Å². The van der Waals surface area contributed by atoms with Crippen LogP contribution in [0.15, 0.2) is 73.4 Å². The van der Waals surface area contributed by atoms with Crippen molar-refractivity contribution in [1.29, 1.82) is 0 Å². The maximum absolute atomic E-state index is 12.7. The number of nitrogens with zero attached hydrogens (tertiary/aromatic N) is 3. The Hall–Kier alpha value is -3.69. The number of aryl methyl sites for hydroxylation is 1. The quantitative estimate of drug-likeness (QED) is 0.315. The fourth-order valence-electron chi connectivity index (χ4n) is 2.65. The Kier molecular flexibility index (Phi) is 13.3. The van der Waals surface area contributed by atoms with Crippen molar-refractivity contribution in [3.05, 3.63) is 94.5 Å². The number of amides is 1. The van der Waals surface area contributed by atoms with E-state index in [1.54, 1.807) is 42.2 Å². The number of nitrogens with one attached hydrogen (secondary N) is 1. The van der Waals surface area contributed by atoms with Crippen LogP contribution < -0.4 is 5.32 Å². The van der Waals surface area contributed by atoms with Crippen LogP contribution in [-0.2, 0) is 0 Å². The molecule has 0 atom stereocenters. The van der Waals surface area contributed by atoms with Crippen molar-refractivity contribution < 1.29 is 4.79 Å². The van der Waals surface area contributed by atoms with Gasteiger partial charge in [0, 0.05) is 34.9 Å². The van der Waals surface area contributed by atoms with Gasteiger partial charge in [-0.2, -0.15) is 0 Å². The highest BCUT2D eigenvalue weighted by Crippen LogP contribution is 2.16. The summed E-state index contributed by atoms with van der Waals surface area (Å²) in [5, 5.41) is 3.92. The van der Waals surface area contributed by atoms with Crippen LogP contribution in [0, 0.1) is 18.8 Å². The van der Waals surface area contributed by atoms with Crippen LogP contribution in [-0.4, -0.2) is 20.4 Å². The van der Waals surface area contributed by atoms with Crippen LogP contribution in [0.25, 0.3) is 5.69 Å². The molecular weight excluding hydrogens is 440 g/mol. The number of thiazole rings is 1. The number of hydrogen-bond donors (Lipinski definition) is 1. The predicted molar refractivity (Wildman–Crippen MR) is 145 cm³/mol. The SMILES string of the molecule is CC.CC.CC.Cc1ncc(C#Cc2cccc(C(=O)Nc3cccc(-n4ccnc4)c3)c2)s1. The summed E-state index contributed by atoms with van der Waals surface area (Å²) in [6.07, 6.45) is 7.05. The van der Waals surface area contributed by atoms with Crippen LogP contribution in [0.2, 0.25) is 0 Å². The molecule has 5 nitrogen and oxygen atoms in total. The molecule has 0 aliphatic heterocycles. The van der Waals surface area contributed by atoms with Gasteiger partial charge in [-0.15, -0.1) is 11.3 Å². The van der Waals surface area contributed by atoms with E-state index in [0.717, 1.165) is 21.1 Å². The highest BCUT2D eigenvalue weighted by atomic mass is 32.1. The Morgan fingerprint density at radius 3 is 2.35 bits per heavy atom. The van der Waals surface area contributed by atoms with E-state index in [9.17, 15) is 4.79 Å². The zero-order chi connectivity index (χ0) is 25.3. The molecule has 2 aromatic heterocycles. The molecule has 0 aliphatic carbocycles. The lowest BCUT2D eigenvalue weighted by atomic mass is 10.1. The maximum atomic E-state index is 12.7. The van der Waals surface area contributed by atoms with E-state index in [2.05, 4.69) is 27.1 Å². The lowest BCUT2D eigenvalue weighted by Crippen LogP contribution is -2.12. The number of rotatable bonds is 3. The van der Waals surface area contributed by atoms with Crippen LogP contribution in [0.5, 0.6) is 0 Å². The van der Waals surface area contributed by atoms with Crippen LogP contribution >= 0.6 is 11.3 Å². The number of carbonyl (C=O) groups is 1. The predicted octanol–water partition coefficient (Wildman–Crippen LogP) is 7.37. The molecule has 0 saturated carbocycles. The van der Waals surface area contributed by atoms with E-state index < -0.39 is 0 Å². The van der Waals surface area contributed by atoms with Gasteiger partial charge in [0.25, 0.3) is 5.91 Å². The summed E-state index contributed by atoms with van der Waals surface area (Å²) >= 11 is 1.55. The molecule has 0 aliphatic rings. The average molecular weight is 475 g/mol. The van der Waals surface area contributed by atoms with Crippen molar-refractivity contribution in [2.45, 2.75) is 48.5 Å². The molecule has 0 spiro atoms. The summed E-state index contributed by atoms with van der Waals surface area (Å²) in [5.41, 5.74) is 2.98. The van der Waals surface area contributed by atoms with Gasteiger partial charge in [-0.05, 0) is 49.2 Å². The van der Waals surface area contributed by atoms with E-state index in [1.807, 2.05) is 95.6 Å². The van der Waals surface area contributed by atoms with Crippen molar-refractivity contribution in [1.82, 2.24) is 14.5 Å². The zero-order valence-corrected chi connectivity index (χ0v) is 21.9. The molecule has 1 N–H and O–H groups in total. The molecule has 0 fully saturated rings. The first-order valence-electron chi connectivity index (χ1n) is 11.6. The molecule has 0 bridgehead atoms. The smallest absolute Gasteiger partial charge is 0.255 e. The molecule has 4 rings (SSSR count). The van der Waals surface area contributed by atoms with E-state index >= 15 is 0 Å². The first-order valence-corrected chi connectivity index (χ1v) is 12.4. The summed E-state index contributed by atoms with van der Waals surface area (Å²) < 4.78 is 1.88. The van der Waals surface area contributed by atoms with Crippen LogP contribution in [0.4, 0.5) is 5.69 Å². The minimum atomic E-state index is -0.180. The number of carbonyl (C=O) groups excluding carboxylic acids is 1. The lowest BCUT2D eigenvalue weighted by molar-refractivity contribution is 0.102. The Morgan fingerprint density at radius 1 is 0.971 bits per heavy atom. The average Bonchev–Trinajstić information content (AvgIpc) is 3.59. The number of anilines is 1. The number of aromatic nitrogens is 3. The monoisotopic (exact) mass is 474 g/mol. The summed E-state index contributed by atoms with van der Waals surface area (Å²) in [6, 6.07) is 14.9.